The summed E-state index contributed by atoms with van der Waals surface area (Å²) in [6, 6.07) is 16.4. The molecule has 1 saturated heterocycles. The summed E-state index contributed by atoms with van der Waals surface area (Å²) < 4.78 is 0. The van der Waals surface area contributed by atoms with Crippen LogP contribution in [0.5, 0.6) is 0 Å². The number of benzene rings is 2. The van der Waals surface area contributed by atoms with E-state index in [1.807, 2.05) is 29.2 Å². The van der Waals surface area contributed by atoms with Crippen LogP contribution in [-0.4, -0.2) is 41.4 Å². The van der Waals surface area contributed by atoms with Gasteiger partial charge in [0.25, 0.3) is 5.91 Å². The van der Waals surface area contributed by atoms with Gasteiger partial charge in [-0.05, 0) is 35.7 Å². The lowest BCUT2D eigenvalue weighted by Gasteiger charge is -2.44. The highest BCUT2D eigenvalue weighted by atomic mass is 35.5. The molecule has 0 saturated carbocycles. The van der Waals surface area contributed by atoms with Crippen LogP contribution in [0.1, 0.15) is 21.5 Å². The quantitative estimate of drug-likeness (QED) is 0.846. The fraction of sp³-hybridized carbons (Fsp3) is 0.316. The minimum atomic E-state index is 0.160. The molecule has 0 N–H and O–H groups in total. The molecule has 118 valence electrons. The molecule has 4 heteroatoms. The minimum absolute atomic E-state index is 0.160. The number of nitrogens with zero attached hydrogens (tertiary/aromatic N) is 2. The molecule has 0 radical (unpaired) electrons. The van der Waals surface area contributed by atoms with Gasteiger partial charge in [0, 0.05) is 42.8 Å². The number of halogens is 1. The number of amides is 1. The van der Waals surface area contributed by atoms with Gasteiger partial charge in [-0.25, -0.2) is 0 Å². The van der Waals surface area contributed by atoms with E-state index >= 15 is 0 Å². The number of piperazine rings is 1. The maximum absolute atomic E-state index is 12.7. The first-order chi connectivity index (χ1) is 11.2. The fourth-order valence-corrected chi connectivity index (χ4v) is 3.89. The molecule has 2 aromatic carbocycles. The van der Waals surface area contributed by atoms with Crippen LogP contribution in [0.15, 0.2) is 48.5 Å². The lowest BCUT2D eigenvalue weighted by atomic mass is 9.91. The number of hydrogen-bond donors (Lipinski definition) is 0. The molecule has 2 heterocycles. The largest absolute Gasteiger partial charge is 0.333 e. The normalized spacial score (nSPS) is 21.0. The van der Waals surface area contributed by atoms with Crippen LogP contribution in [0.4, 0.5) is 0 Å². The van der Waals surface area contributed by atoms with Gasteiger partial charge in [0.15, 0.2) is 0 Å². The summed E-state index contributed by atoms with van der Waals surface area (Å²) in [6.45, 7) is 3.60. The number of fused-ring (bicyclic) bond motifs is 2. The van der Waals surface area contributed by atoms with Gasteiger partial charge in [-0.1, -0.05) is 41.9 Å². The van der Waals surface area contributed by atoms with Crippen LogP contribution in [0, 0.1) is 0 Å². The molecule has 4 rings (SSSR count). The summed E-state index contributed by atoms with van der Waals surface area (Å²) >= 11 is 6.10. The van der Waals surface area contributed by atoms with Crippen molar-refractivity contribution in [3.63, 3.8) is 0 Å². The second-order valence-electron chi connectivity index (χ2n) is 6.38. The van der Waals surface area contributed by atoms with Crippen molar-refractivity contribution in [2.24, 2.45) is 0 Å². The van der Waals surface area contributed by atoms with E-state index < -0.39 is 0 Å². The zero-order valence-corrected chi connectivity index (χ0v) is 13.7. The Hall–Kier alpha value is -1.84. The van der Waals surface area contributed by atoms with Gasteiger partial charge in [0.1, 0.15) is 0 Å². The molecule has 2 aromatic rings. The van der Waals surface area contributed by atoms with E-state index in [1.54, 1.807) is 0 Å². The molecular formula is C19H19ClN2O. The van der Waals surface area contributed by atoms with E-state index in [0.717, 1.165) is 43.7 Å². The Kier molecular flexibility index (Phi) is 3.83. The highest BCUT2D eigenvalue weighted by molar-refractivity contribution is 6.30. The second-order valence-corrected chi connectivity index (χ2v) is 6.82. The summed E-state index contributed by atoms with van der Waals surface area (Å²) in [5, 5.41) is 0.710. The Morgan fingerprint density at radius 3 is 2.74 bits per heavy atom. The first-order valence-electron chi connectivity index (χ1n) is 8.06. The smallest absolute Gasteiger partial charge is 0.254 e. The Morgan fingerprint density at radius 1 is 1.09 bits per heavy atom. The van der Waals surface area contributed by atoms with Crippen molar-refractivity contribution < 1.29 is 4.79 Å². The third-order valence-electron chi connectivity index (χ3n) is 4.83. The Labute approximate surface area is 141 Å². The summed E-state index contributed by atoms with van der Waals surface area (Å²) in [5.74, 6) is 0.160. The van der Waals surface area contributed by atoms with Crippen molar-refractivity contribution in [3.8, 4) is 0 Å². The zero-order chi connectivity index (χ0) is 15.8. The summed E-state index contributed by atoms with van der Waals surface area (Å²) in [5.41, 5.74) is 3.24. The van der Waals surface area contributed by atoms with Crippen molar-refractivity contribution in [1.82, 2.24) is 9.80 Å². The predicted octanol–water partition coefficient (Wildman–Crippen LogP) is 3.22. The molecule has 0 bridgehead atoms. The van der Waals surface area contributed by atoms with E-state index in [1.165, 1.54) is 5.56 Å². The molecule has 3 nitrogen and oxygen atoms in total. The van der Waals surface area contributed by atoms with Crippen LogP contribution < -0.4 is 0 Å². The number of rotatable bonds is 2. The predicted molar refractivity (Wildman–Crippen MR) is 91.7 cm³/mol. The zero-order valence-electron chi connectivity index (χ0n) is 12.9. The van der Waals surface area contributed by atoms with E-state index in [2.05, 4.69) is 29.2 Å². The standard InChI is InChI=1S/C19H19ClN2O/c20-16-6-7-18-15(10-16)11-17-13-21(8-9-22(17)19(18)23)12-14-4-2-1-3-5-14/h1-7,10,17H,8-9,11-13H2. The maximum atomic E-state index is 12.7. The van der Waals surface area contributed by atoms with Crippen LogP contribution in [0.2, 0.25) is 5.02 Å². The molecule has 1 atom stereocenters. The molecule has 1 unspecified atom stereocenters. The first kappa shape index (κ1) is 14.7. The summed E-state index contributed by atoms with van der Waals surface area (Å²) in [6.07, 6.45) is 0.896. The molecule has 2 aliphatic heterocycles. The monoisotopic (exact) mass is 326 g/mol. The average Bonchev–Trinajstić information content (AvgIpc) is 2.55. The Bertz CT molecular complexity index is 731. The van der Waals surface area contributed by atoms with Gasteiger partial charge in [-0.3, -0.25) is 9.69 Å². The minimum Gasteiger partial charge on any atom is -0.333 e. The Balaban J connectivity index is 1.53. The van der Waals surface area contributed by atoms with Crippen molar-refractivity contribution in [1.29, 1.82) is 0 Å². The lowest BCUT2D eigenvalue weighted by Crippen LogP contribution is -2.57. The van der Waals surface area contributed by atoms with Crippen LogP contribution in [0.3, 0.4) is 0 Å². The van der Waals surface area contributed by atoms with Crippen molar-refractivity contribution in [2.45, 2.75) is 19.0 Å². The molecule has 0 spiro atoms. The van der Waals surface area contributed by atoms with Crippen LogP contribution >= 0.6 is 11.6 Å². The number of hydrogen-bond acceptors (Lipinski definition) is 2. The highest BCUT2D eigenvalue weighted by Gasteiger charge is 2.36. The third-order valence-corrected chi connectivity index (χ3v) is 5.07. The van der Waals surface area contributed by atoms with Crippen LogP contribution in [0.25, 0.3) is 0 Å². The third kappa shape index (κ3) is 2.87. The SMILES string of the molecule is O=C1c2ccc(Cl)cc2CC2CN(Cc3ccccc3)CCN12. The van der Waals surface area contributed by atoms with Crippen molar-refractivity contribution >= 4 is 17.5 Å². The van der Waals surface area contributed by atoms with Gasteiger partial charge in [-0.2, -0.15) is 0 Å². The average molecular weight is 327 g/mol. The van der Waals surface area contributed by atoms with Gasteiger partial charge < -0.3 is 4.90 Å². The molecule has 0 aromatic heterocycles. The number of carbonyl (C=O) groups excluding carboxylic acids is 1. The van der Waals surface area contributed by atoms with Gasteiger partial charge >= 0.3 is 0 Å². The molecule has 1 amide bonds. The second kappa shape index (κ2) is 5.99. The van der Waals surface area contributed by atoms with Gasteiger partial charge in [0.05, 0.1) is 0 Å². The fourth-order valence-electron chi connectivity index (χ4n) is 3.70. The summed E-state index contributed by atoms with van der Waals surface area (Å²) in [4.78, 5) is 17.2. The van der Waals surface area contributed by atoms with E-state index in [9.17, 15) is 4.79 Å². The number of carbonyl (C=O) groups is 1. The molecule has 2 aliphatic rings. The molecule has 23 heavy (non-hydrogen) atoms. The summed E-state index contributed by atoms with van der Waals surface area (Å²) in [7, 11) is 0. The van der Waals surface area contributed by atoms with E-state index in [0.29, 0.717) is 5.02 Å². The van der Waals surface area contributed by atoms with Crippen molar-refractivity contribution in [2.75, 3.05) is 19.6 Å². The molecule has 1 fully saturated rings. The molecule has 0 aliphatic carbocycles. The highest BCUT2D eigenvalue weighted by Crippen LogP contribution is 2.28. The first-order valence-corrected chi connectivity index (χ1v) is 8.44. The maximum Gasteiger partial charge on any atom is 0.254 e. The topological polar surface area (TPSA) is 23.6 Å². The van der Waals surface area contributed by atoms with Crippen LogP contribution in [-0.2, 0) is 13.0 Å². The lowest BCUT2D eigenvalue weighted by molar-refractivity contribution is 0.0402. The Morgan fingerprint density at radius 2 is 1.91 bits per heavy atom. The van der Waals surface area contributed by atoms with Gasteiger partial charge in [-0.15, -0.1) is 0 Å². The molecular weight excluding hydrogens is 308 g/mol. The van der Waals surface area contributed by atoms with E-state index in [4.69, 9.17) is 11.6 Å². The van der Waals surface area contributed by atoms with Gasteiger partial charge in [0.2, 0.25) is 0 Å². The van der Waals surface area contributed by atoms with Crippen molar-refractivity contribution in [3.05, 3.63) is 70.2 Å². The van der Waals surface area contributed by atoms with E-state index in [-0.39, 0.29) is 11.9 Å².